The van der Waals surface area contributed by atoms with Crippen molar-refractivity contribution >= 4 is 0 Å². The zero-order valence-corrected chi connectivity index (χ0v) is 11.7. The molecule has 2 heterocycles. The van der Waals surface area contributed by atoms with Gasteiger partial charge in [-0.05, 0) is 50.4 Å². The van der Waals surface area contributed by atoms with Crippen LogP contribution in [0, 0.1) is 17.3 Å². The highest BCUT2D eigenvalue weighted by Crippen LogP contribution is 2.58. The highest BCUT2D eigenvalue weighted by molar-refractivity contribution is 5.13. The molecule has 2 aliphatic heterocycles. The maximum Gasteiger partial charge on any atom is 0.0746 e. The Morgan fingerprint density at radius 2 is 1.83 bits per heavy atom. The minimum Gasteiger partial charge on any atom is -0.389 e. The Kier molecular flexibility index (Phi) is 3.00. The van der Waals surface area contributed by atoms with Crippen molar-refractivity contribution in [3.63, 3.8) is 0 Å². The summed E-state index contributed by atoms with van der Waals surface area (Å²) in [7, 11) is 0. The molecule has 3 rings (SSSR count). The largest absolute Gasteiger partial charge is 0.389 e. The third kappa shape index (κ3) is 1.67. The lowest BCUT2D eigenvalue weighted by molar-refractivity contribution is -0.149. The number of hydrogen-bond acceptors (Lipinski definition) is 3. The molecule has 3 aliphatic rings. The average Bonchev–Trinajstić information content (AvgIpc) is 2.86. The summed E-state index contributed by atoms with van der Waals surface area (Å²) in [6, 6.07) is 0. The first-order valence-corrected chi connectivity index (χ1v) is 7.57. The Morgan fingerprint density at radius 1 is 1.17 bits per heavy atom. The molecule has 5 unspecified atom stereocenters. The summed E-state index contributed by atoms with van der Waals surface area (Å²) in [5, 5.41) is 11.3. The maximum atomic E-state index is 11.3. The smallest absolute Gasteiger partial charge is 0.0746 e. The number of hydrogen-bond donors (Lipinski definition) is 2. The number of fused-ring (bicyclic) bond motifs is 2. The number of ether oxygens (including phenoxy) is 1. The van der Waals surface area contributed by atoms with E-state index in [1.165, 1.54) is 6.42 Å². The standard InChI is InChI=1S/C15H27NO2/c1-10-5-11(2)7-15(17,6-10)14(9-16)8-12-3-4-13(14)18-12/h10-13,17H,3-9,16H2,1-2H3. The second kappa shape index (κ2) is 4.19. The van der Waals surface area contributed by atoms with Crippen LogP contribution in [0.4, 0.5) is 0 Å². The van der Waals surface area contributed by atoms with Crippen molar-refractivity contribution in [1.29, 1.82) is 0 Å². The van der Waals surface area contributed by atoms with E-state index in [1.807, 2.05) is 0 Å². The van der Waals surface area contributed by atoms with Gasteiger partial charge in [-0.15, -0.1) is 0 Å². The topological polar surface area (TPSA) is 55.5 Å². The fraction of sp³-hybridized carbons (Fsp3) is 1.00. The van der Waals surface area contributed by atoms with Crippen molar-refractivity contribution in [2.24, 2.45) is 23.0 Å². The second-order valence-corrected chi connectivity index (χ2v) is 7.27. The summed E-state index contributed by atoms with van der Waals surface area (Å²) in [5.41, 5.74) is 5.36. The summed E-state index contributed by atoms with van der Waals surface area (Å²) in [6.45, 7) is 5.10. The maximum absolute atomic E-state index is 11.3. The van der Waals surface area contributed by atoms with Gasteiger partial charge in [0.1, 0.15) is 0 Å². The molecule has 5 atom stereocenters. The lowest BCUT2D eigenvalue weighted by Gasteiger charge is -2.52. The SMILES string of the molecule is CC1CC(C)CC(O)(C2(CN)CC3CCC2O3)C1. The Morgan fingerprint density at radius 3 is 2.28 bits per heavy atom. The molecular formula is C15H27NO2. The predicted octanol–water partition coefficient (Wildman–Crippen LogP) is 2.07. The first-order chi connectivity index (χ1) is 8.49. The fourth-order valence-corrected chi connectivity index (χ4v) is 5.19. The highest BCUT2D eigenvalue weighted by atomic mass is 16.5. The van der Waals surface area contributed by atoms with Crippen molar-refractivity contribution in [2.75, 3.05) is 6.54 Å². The summed E-state index contributed by atoms with van der Waals surface area (Å²) in [5.74, 6) is 1.20. The van der Waals surface area contributed by atoms with Crippen LogP contribution in [0.2, 0.25) is 0 Å². The van der Waals surface area contributed by atoms with E-state index in [-0.39, 0.29) is 11.5 Å². The molecule has 2 saturated heterocycles. The molecular weight excluding hydrogens is 226 g/mol. The van der Waals surface area contributed by atoms with E-state index in [9.17, 15) is 5.11 Å². The van der Waals surface area contributed by atoms with Gasteiger partial charge in [0.25, 0.3) is 0 Å². The van der Waals surface area contributed by atoms with Gasteiger partial charge in [0.05, 0.1) is 17.8 Å². The van der Waals surface area contributed by atoms with E-state index in [0.29, 0.717) is 24.5 Å². The second-order valence-electron chi connectivity index (χ2n) is 7.27. The average molecular weight is 253 g/mol. The molecule has 2 bridgehead atoms. The van der Waals surface area contributed by atoms with Crippen LogP contribution in [0.5, 0.6) is 0 Å². The summed E-state index contributed by atoms with van der Waals surface area (Å²) in [4.78, 5) is 0. The molecule has 0 aromatic rings. The Labute approximate surface area is 110 Å². The van der Waals surface area contributed by atoms with Gasteiger partial charge in [0.2, 0.25) is 0 Å². The first kappa shape index (κ1) is 12.9. The van der Waals surface area contributed by atoms with Crippen molar-refractivity contribution in [3.05, 3.63) is 0 Å². The van der Waals surface area contributed by atoms with Crippen LogP contribution in [0.25, 0.3) is 0 Å². The first-order valence-electron chi connectivity index (χ1n) is 7.57. The number of rotatable bonds is 2. The normalized spacial score (nSPS) is 56.0. The number of aliphatic hydroxyl groups is 1. The lowest BCUT2D eigenvalue weighted by atomic mass is 9.56. The van der Waals surface area contributed by atoms with E-state index in [1.54, 1.807) is 0 Å². The van der Waals surface area contributed by atoms with Gasteiger partial charge >= 0.3 is 0 Å². The van der Waals surface area contributed by atoms with E-state index in [2.05, 4.69) is 13.8 Å². The monoisotopic (exact) mass is 253 g/mol. The molecule has 3 N–H and O–H groups in total. The van der Waals surface area contributed by atoms with Crippen LogP contribution < -0.4 is 5.73 Å². The van der Waals surface area contributed by atoms with Gasteiger partial charge in [-0.25, -0.2) is 0 Å². The molecule has 3 nitrogen and oxygen atoms in total. The van der Waals surface area contributed by atoms with Gasteiger partial charge < -0.3 is 15.6 Å². The molecule has 0 aromatic carbocycles. The highest BCUT2D eigenvalue weighted by Gasteiger charge is 2.62. The van der Waals surface area contributed by atoms with Crippen molar-refractivity contribution < 1.29 is 9.84 Å². The van der Waals surface area contributed by atoms with E-state index >= 15 is 0 Å². The molecule has 1 aliphatic carbocycles. The Hall–Kier alpha value is -0.120. The van der Waals surface area contributed by atoms with Crippen molar-refractivity contribution in [3.8, 4) is 0 Å². The summed E-state index contributed by atoms with van der Waals surface area (Å²) >= 11 is 0. The predicted molar refractivity (Wildman–Crippen MR) is 71.1 cm³/mol. The molecule has 0 spiro atoms. The molecule has 3 fully saturated rings. The zero-order valence-electron chi connectivity index (χ0n) is 11.7. The van der Waals surface area contributed by atoms with Gasteiger partial charge in [0.15, 0.2) is 0 Å². The fourth-order valence-electron chi connectivity index (χ4n) is 5.19. The molecule has 104 valence electrons. The van der Waals surface area contributed by atoms with Crippen LogP contribution in [0.3, 0.4) is 0 Å². The molecule has 0 amide bonds. The lowest BCUT2D eigenvalue weighted by Crippen LogP contribution is -2.60. The van der Waals surface area contributed by atoms with E-state index in [0.717, 1.165) is 32.1 Å². The third-order valence-corrected chi connectivity index (χ3v) is 5.78. The summed E-state index contributed by atoms with van der Waals surface area (Å²) in [6.07, 6.45) is 6.83. The van der Waals surface area contributed by atoms with Gasteiger partial charge in [0, 0.05) is 12.0 Å². The van der Waals surface area contributed by atoms with Crippen molar-refractivity contribution in [1.82, 2.24) is 0 Å². The van der Waals surface area contributed by atoms with Gasteiger partial charge in [-0.2, -0.15) is 0 Å². The van der Waals surface area contributed by atoms with E-state index in [4.69, 9.17) is 10.5 Å². The van der Waals surface area contributed by atoms with Gasteiger partial charge in [-0.3, -0.25) is 0 Å². The van der Waals surface area contributed by atoms with Crippen LogP contribution >= 0.6 is 0 Å². The number of nitrogens with two attached hydrogens (primary N) is 1. The molecule has 0 aromatic heterocycles. The van der Waals surface area contributed by atoms with Gasteiger partial charge in [-0.1, -0.05) is 13.8 Å². The van der Waals surface area contributed by atoms with Crippen LogP contribution in [-0.2, 0) is 4.74 Å². The molecule has 3 heteroatoms. The van der Waals surface area contributed by atoms with Crippen molar-refractivity contribution in [2.45, 2.75) is 70.2 Å². The minimum absolute atomic E-state index is 0.168. The minimum atomic E-state index is -0.599. The van der Waals surface area contributed by atoms with E-state index < -0.39 is 5.60 Å². The van der Waals surface area contributed by atoms with Crippen LogP contribution in [0.1, 0.15) is 52.4 Å². The van der Waals surface area contributed by atoms with Crippen LogP contribution in [-0.4, -0.2) is 29.5 Å². The molecule has 0 radical (unpaired) electrons. The van der Waals surface area contributed by atoms with Crippen LogP contribution in [0.15, 0.2) is 0 Å². The quantitative estimate of drug-likeness (QED) is 0.792. The molecule has 18 heavy (non-hydrogen) atoms. The third-order valence-electron chi connectivity index (χ3n) is 5.78. The Balaban J connectivity index is 1.91. The summed E-state index contributed by atoms with van der Waals surface area (Å²) < 4.78 is 6.03. The Bertz CT molecular complexity index is 322. The zero-order chi connectivity index (χ0) is 13.0. The molecule has 1 saturated carbocycles.